The van der Waals surface area contributed by atoms with Crippen LogP contribution in [0.15, 0.2) is 18.5 Å². The number of imidazole rings is 1. The normalized spacial score (nSPS) is 10.6. The number of carbonyl (C=O) groups is 1. The molecular weight excluding hydrogens is 246 g/mol. The fourth-order valence-corrected chi connectivity index (χ4v) is 2.83. The Morgan fingerprint density at radius 3 is 3.00 bits per heavy atom. The number of rotatable bonds is 5. The van der Waals surface area contributed by atoms with Crippen LogP contribution >= 0.6 is 11.3 Å². The van der Waals surface area contributed by atoms with E-state index in [1.54, 1.807) is 23.7 Å². The van der Waals surface area contributed by atoms with Gasteiger partial charge < -0.3 is 10.3 Å². The Hall–Kier alpha value is -1.62. The molecule has 2 rings (SSSR count). The van der Waals surface area contributed by atoms with E-state index in [4.69, 9.17) is 0 Å². The van der Waals surface area contributed by atoms with Crippen molar-refractivity contribution in [1.82, 2.24) is 15.3 Å². The summed E-state index contributed by atoms with van der Waals surface area (Å²) < 4.78 is 0. The van der Waals surface area contributed by atoms with Crippen LogP contribution in [0.1, 0.15) is 32.9 Å². The van der Waals surface area contributed by atoms with E-state index in [1.807, 2.05) is 6.07 Å². The molecule has 18 heavy (non-hydrogen) atoms. The molecule has 0 aromatic carbocycles. The van der Waals surface area contributed by atoms with Crippen molar-refractivity contribution in [1.29, 1.82) is 0 Å². The predicted octanol–water partition coefficient (Wildman–Crippen LogP) is 2.31. The molecule has 2 aromatic heterocycles. The van der Waals surface area contributed by atoms with Crippen LogP contribution in [0.4, 0.5) is 0 Å². The van der Waals surface area contributed by atoms with Crippen LogP contribution in [0.3, 0.4) is 0 Å². The van der Waals surface area contributed by atoms with Gasteiger partial charge >= 0.3 is 0 Å². The van der Waals surface area contributed by atoms with Gasteiger partial charge in [0.05, 0.1) is 4.88 Å². The van der Waals surface area contributed by atoms with E-state index in [0.717, 1.165) is 23.5 Å². The van der Waals surface area contributed by atoms with E-state index in [2.05, 4.69) is 29.1 Å². The van der Waals surface area contributed by atoms with E-state index in [-0.39, 0.29) is 5.91 Å². The van der Waals surface area contributed by atoms with Gasteiger partial charge in [-0.3, -0.25) is 4.79 Å². The Morgan fingerprint density at radius 1 is 1.56 bits per heavy atom. The second-order valence-electron chi connectivity index (χ2n) is 4.09. The number of carbonyl (C=O) groups excluding carboxylic acids is 1. The van der Waals surface area contributed by atoms with Gasteiger partial charge in [0.1, 0.15) is 5.82 Å². The standard InChI is InChI=1S/C13H17N3OS/c1-3-10-8-11(18-9(10)2)13(17)16-5-4-12-14-6-7-15-12/h6-8H,3-5H2,1-2H3,(H,14,15)(H,16,17). The van der Waals surface area contributed by atoms with Crippen molar-refractivity contribution in [2.24, 2.45) is 0 Å². The first-order chi connectivity index (χ1) is 8.70. The van der Waals surface area contributed by atoms with Crippen LogP contribution in [-0.4, -0.2) is 22.4 Å². The average molecular weight is 263 g/mol. The van der Waals surface area contributed by atoms with Crippen molar-refractivity contribution < 1.29 is 4.79 Å². The molecule has 0 saturated heterocycles. The minimum Gasteiger partial charge on any atom is -0.351 e. The summed E-state index contributed by atoms with van der Waals surface area (Å²) in [5, 5.41) is 2.91. The van der Waals surface area contributed by atoms with E-state index >= 15 is 0 Å². The number of nitrogens with zero attached hydrogens (tertiary/aromatic N) is 1. The molecule has 4 nitrogen and oxygen atoms in total. The van der Waals surface area contributed by atoms with Crippen molar-refractivity contribution in [2.75, 3.05) is 6.54 Å². The fourth-order valence-electron chi connectivity index (χ4n) is 1.80. The Balaban J connectivity index is 1.87. The molecule has 2 N–H and O–H groups in total. The number of amides is 1. The summed E-state index contributed by atoms with van der Waals surface area (Å²) in [4.78, 5) is 21.1. The lowest BCUT2D eigenvalue weighted by atomic mass is 10.2. The zero-order valence-corrected chi connectivity index (χ0v) is 11.4. The van der Waals surface area contributed by atoms with Crippen molar-refractivity contribution >= 4 is 17.2 Å². The number of aryl methyl sites for hydroxylation is 2. The van der Waals surface area contributed by atoms with Crippen LogP contribution in [0, 0.1) is 6.92 Å². The molecule has 2 aromatic rings. The molecule has 96 valence electrons. The molecule has 0 spiro atoms. The van der Waals surface area contributed by atoms with Crippen LogP contribution in [0.25, 0.3) is 0 Å². The van der Waals surface area contributed by atoms with E-state index < -0.39 is 0 Å². The maximum atomic E-state index is 11.9. The highest BCUT2D eigenvalue weighted by atomic mass is 32.1. The number of H-pyrrole nitrogens is 1. The average Bonchev–Trinajstić information content (AvgIpc) is 2.98. The Labute approximate surface area is 110 Å². The molecule has 5 heteroatoms. The number of thiophene rings is 1. The third kappa shape index (κ3) is 2.98. The van der Waals surface area contributed by atoms with E-state index in [0.29, 0.717) is 6.54 Å². The lowest BCUT2D eigenvalue weighted by Gasteiger charge is -2.01. The minimum absolute atomic E-state index is 0.00866. The molecule has 0 atom stereocenters. The number of hydrogen-bond acceptors (Lipinski definition) is 3. The van der Waals surface area contributed by atoms with Gasteiger partial charge in [0, 0.05) is 30.2 Å². The molecule has 0 aliphatic rings. The highest BCUT2D eigenvalue weighted by Gasteiger charge is 2.11. The van der Waals surface area contributed by atoms with Gasteiger partial charge in [0.25, 0.3) is 5.91 Å². The summed E-state index contributed by atoms with van der Waals surface area (Å²) in [6, 6.07) is 1.99. The van der Waals surface area contributed by atoms with Gasteiger partial charge in [-0.2, -0.15) is 0 Å². The summed E-state index contributed by atoms with van der Waals surface area (Å²) in [5.41, 5.74) is 1.26. The molecule has 0 saturated carbocycles. The Bertz CT molecular complexity index is 516. The first kappa shape index (κ1) is 12.8. The lowest BCUT2D eigenvalue weighted by molar-refractivity contribution is 0.0958. The topological polar surface area (TPSA) is 57.8 Å². The minimum atomic E-state index is 0.00866. The summed E-state index contributed by atoms with van der Waals surface area (Å²) in [6.07, 6.45) is 5.20. The zero-order valence-electron chi connectivity index (χ0n) is 10.6. The first-order valence-electron chi connectivity index (χ1n) is 6.06. The smallest absolute Gasteiger partial charge is 0.261 e. The maximum Gasteiger partial charge on any atom is 0.261 e. The number of nitrogens with one attached hydrogen (secondary N) is 2. The summed E-state index contributed by atoms with van der Waals surface area (Å²) in [5.74, 6) is 0.904. The number of hydrogen-bond donors (Lipinski definition) is 2. The van der Waals surface area contributed by atoms with Crippen molar-refractivity contribution in [3.8, 4) is 0 Å². The van der Waals surface area contributed by atoms with Gasteiger partial charge in [-0.15, -0.1) is 11.3 Å². The zero-order chi connectivity index (χ0) is 13.0. The van der Waals surface area contributed by atoms with Crippen molar-refractivity contribution in [3.05, 3.63) is 39.6 Å². The van der Waals surface area contributed by atoms with Gasteiger partial charge in [-0.05, 0) is 25.0 Å². The van der Waals surface area contributed by atoms with Crippen molar-refractivity contribution in [3.63, 3.8) is 0 Å². The predicted molar refractivity (Wildman–Crippen MR) is 73.1 cm³/mol. The number of aromatic nitrogens is 2. The summed E-state index contributed by atoms with van der Waals surface area (Å²) >= 11 is 1.56. The third-order valence-corrected chi connectivity index (χ3v) is 3.92. The highest BCUT2D eigenvalue weighted by Crippen LogP contribution is 2.21. The number of aromatic amines is 1. The van der Waals surface area contributed by atoms with Gasteiger partial charge in [-0.1, -0.05) is 6.92 Å². The van der Waals surface area contributed by atoms with E-state index in [9.17, 15) is 4.79 Å². The third-order valence-electron chi connectivity index (χ3n) is 2.83. The SMILES string of the molecule is CCc1cc(C(=O)NCCc2ncc[nH]2)sc1C. The Morgan fingerprint density at radius 2 is 2.39 bits per heavy atom. The van der Waals surface area contributed by atoms with Crippen LogP contribution in [-0.2, 0) is 12.8 Å². The van der Waals surface area contributed by atoms with Gasteiger partial charge in [0.2, 0.25) is 0 Å². The molecule has 0 aliphatic heterocycles. The lowest BCUT2D eigenvalue weighted by Crippen LogP contribution is -2.25. The quantitative estimate of drug-likeness (QED) is 0.869. The molecular formula is C13H17N3OS. The second-order valence-corrected chi connectivity index (χ2v) is 5.34. The molecule has 0 unspecified atom stereocenters. The fraction of sp³-hybridized carbons (Fsp3) is 0.385. The highest BCUT2D eigenvalue weighted by molar-refractivity contribution is 7.14. The van der Waals surface area contributed by atoms with Gasteiger partial charge in [0.15, 0.2) is 0 Å². The van der Waals surface area contributed by atoms with Crippen LogP contribution in [0.2, 0.25) is 0 Å². The van der Waals surface area contributed by atoms with Crippen LogP contribution in [0.5, 0.6) is 0 Å². The second kappa shape index (κ2) is 5.82. The summed E-state index contributed by atoms with van der Waals surface area (Å²) in [7, 11) is 0. The molecule has 0 radical (unpaired) electrons. The largest absolute Gasteiger partial charge is 0.351 e. The molecule has 0 aliphatic carbocycles. The van der Waals surface area contributed by atoms with E-state index in [1.165, 1.54) is 10.4 Å². The maximum absolute atomic E-state index is 11.9. The monoisotopic (exact) mass is 263 g/mol. The molecule has 1 amide bonds. The van der Waals surface area contributed by atoms with Crippen LogP contribution < -0.4 is 5.32 Å². The Kier molecular flexibility index (Phi) is 4.15. The van der Waals surface area contributed by atoms with Gasteiger partial charge in [-0.25, -0.2) is 4.98 Å². The molecule has 2 heterocycles. The summed E-state index contributed by atoms with van der Waals surface area (Å²) in [6.45, 7) is 4.77. The molecule has 0 bridgehead atoms. The molecule has 0 fully saturated rings. The van der Waals surface area contributed by atoms with Crippen molar-refractivity contribution in [2.45, 2.75) is 26.7 Å². The first-order valence-corrected chi connectivity index (χ1v) is 6.88.